The van der Waals surface area contributed by atoms with E-state index in [1.165, 1.54) is 12.3 Å². The average Bonchev–Trinajstić information content (AvgIpc) is 3.40. The lowest BCUT2D eigenvalue weighted by Crippen LogP contribution is -2.09. The monoisotopic (exact) mass is 426 g/mol. The number of aliphatic hydroxyl groups is 1. The molecule has 160 valence electrons. The summed E-state index contributed by atoms with van der Waals surface area (Å²) in [5.74, 6) is -0.956. The fourth-order valence-electron chi connectivity index (χ4n) is 4.25. The summed E-state index contributed by atoms with van der Waals surface area (Å²) in [5, 5.41) is 24.9. The molecule has 2 heterocycles. The fourth-order valence-corrected chi connectivity index (χ4v) is 4.25. The van der Waals surface area contributed by atoms with E-state index >= 15 is 0 Å². The van der Waals surface area contributed by atoms with Crippen molar-refractivity contribution in [2.75, 3.05) is 18.6 Å². The van der Waals surface area contributed by atoms with E-state index in [2.05, 4.69) is 16.0 Å². The molecule has 0 aliphatic heterocycles. The first-order valence-corrected chi connectivity index (χ1v) is 10.4. The van der Waals surface area contributed by atoms with Crippen LogP contribution in [0.5, 0.6) is 0 Å². The minimum Gasteiger partial charge on any atom is -0.478 e. The highest BCUT2D eigenvalue weighted by Gasteiger charge is 2.25. The maximum atomic E-state index is 11.6. The second-order valence-corrected chi connectivity index (χ2v) is 7.77. The number of para-hydroxylation sites is 1. The van der Waals surface area contributed by atoms with Crippen molar-refractivity contribution in [2.24, 2.45) is 0 Å². The van der Waals surface area contributed by atoms with Crippen LogP contribution in [0.15, 0.2) is 60.8 Å². The van der Waals surface area contributed by atoms with Gasteiger partial charge in [-0.15, -0.1) is 0 Å². The topological polar surface area (TPSA) is 91.5 Å². The maximum absolute atomic E-state index is 11.6. The molecule has 5 rings (SSSR count). The molecule has 0 bridgehead atoms. The van der Waals surface area contributed by atoms with E-state index in [4.69, 9.17) is 5.10 Å². The van der Waals surface area contributed by atoms with E-state index in [0.717, 1.165) is 33.5 Å². The Morgan fingerprint density at radius 2 is 1.94 bits per heavy atom. The van der Waals surface area contributed by atoms with Gasteiger partial charge in [0.15, 0.2) is 0 Å². The maximum Gasteiger partial charge on any atom is 0.336 e. The van der Waals surface area contributed by atoms with Crippen molar-refractivity contribution >= 4 is 39.9 Å². The van der Waals surface area contributed by atoms with Gasteiger partial charge >= 0.3 is 5.97 Å². The number of rotatable bonds is 6. The average molecular weight is 426 g/mol. The SMILES string of the molecule is CN(c1ccccc1)c1ccc2c(C3=Cc4nccc(C(=O)O)c4C3)nn(CCO)c2c1. The van der Waals surface area contributed by atoms with E-state index in [0.29, 0.717) is 24.2 Å². The predicted octanol–water partition coefficient (Wildman–Crippen LogP) is 3.99. The Labute approximate surface area is 184 Å². The number of aromatic carboxylic acids is 1. The number of carboxylic acids is 1. The lowest BCUT2D eigenvalue weighted by molar-refractivity contribution is 0.0695. The molecular weight excluding hydrogens is 404 g/mol. The Morgan fingerprint density at radius 3 is 2.69 bits per heavy atom. The van der Waals surface area contributed by atoms with Crippen molar-refractivity contribution in [1.29, 1.82) is 0 Å². The molecule has 0 amide bonds. The largest absolute Gasteiger partial charge is 0.478 e. The number of carbonyl (C=O) groups is 1. The van der Waals surface area contributed by atoms with Gasteiger partial charge in [0.1, 0.15) is 0 Å². The molecule has 1 aliphatic carbocycles. The van der Waals surface area contributed by atoms with Crippen LogP contribution in [0, 0.1) is 0 Å². The van der Waals surface area contributed by atoms with Crippen LogP contribution < -0.4 is 4.90 Å². The van der Waals surface area contributed by atoms with Crippen LogP contribution in [-0.4, -0.2) is 44.6 Å². The first-order chi connectivity index (χ1) is 15.6. The summed E-state index contributed by atoms with van der Waals surface area (Å²) in [4.78, 5) is 18.1. The molecule has 2 N–H and O–H groups in total. The first kappa shape index (κ1) is 20.0. The van der Waals surface area contributed by atoms with Gasteiger partial charge in [-0.25, -0.2) is 4.79 Å². The fraction of sp³-hybridized carbons (Fsp3) is 0.160. The number of hydrogen-bond acceptors (Lipinski definition) is 5. The number of aromatic nitrogens is 3. The summed E-state index contributed by atoms with van der Waals surface area (Å²) in [5.41, 5.74) is 6.35. The molecule has 32 heavy (non-hydrogen) atoms. The molecule has 7 nitrogen and oxygen atoms in total. The lowest BCUT2D eigenvalue weighted by Gasteiger charge is -2.19. The summed E-state index contributed by atoms with van der Waals surface area (Å²) in [6.45, 7) is 0.340. The highest BCUT2D eigenvalue weighted by molar-refractivity contribution is 6.01. The molecule has 0 fully saturated rings. The Bertz CT molecular complexity index is 1360. The third-order valence-electron chi connectivity index (χ3n) is 5.88. The van der Waals surface area contributed by atoms with E-state index in [-0.39, 0.29) is 12.2 Å². The molecule has 0 atom stereocenters. The van der Waals surface area contributed by atoms with Crippen LogP contribution in [0.2, 0.25) is 0 Å². The summed E-state index contributed by atoms with van der Waals surface area (Å²) in [6, 6.07) is 17.8. The van der Waals surface area contributed by atoms with E-state index in [1.54, 1.807) is 0 Å². The van der Waals surface area contributed by atoms with Gasteiger partial charge in [0.25, 0.3) is 0 Å². The van der Waals surface area contributed by atoms with Crippen molar-refractivity contribution in [1.82, 2.24) is 14.8 Å². The van der Waals surface area contributed by atoms with Crippen molar-refractivity contribution in [3.63, 3.8) is 0 Å². The number of aliphatic hydroxyl groups excluding tert-OH is 1. The Kier molecular flexibility index (Phi) is 4.95. The van der Waals surface area contributed by atoms with E-state index in [9.17, 15) is 15.0 Å². The number of pyridine rings is 1. The molecule has 4 aromatic rings. The second kappa shape index (κ2) is 7.94. The van der Waals surface area contributed by atoms with Gasteiger partial charge in [0, 0.05) is 36.4 Å². The molecule has 0 radical (unpaired) electrons. The molecule has 7 heteroatoms. The van der Waals surface area contributed by atoms with Crippen LogP contribution in [0.25, 0.3) is 22.6 Å². The van der Waals surface area contributed by atoms with Gasteiger partial charge in [-0.1, -0.05) is 18.2 Å². The number of hydrogen-bond donors (Lipinski definition) is 2. The Balaban J connectivity index is 1.58. The normalized spacial score (nSPS) is 12.6. The second-order valence-electron chi connectivity index (χ2n) is 7.77. The van der Waals surface area contributed by atoms with Crippen LogP contribution in [-0.2, 0) is 13.0 Å². The standard InChI is InChI=1S/C25H22N4O3/c1-28(17-5-3-2-4-6-17)18-7-8-20-23(15-18)29(11-12-30)27-24(20)16-13-21-19(25(31)32)9-10-26-22(21)14-16/h2-10,14-15,30H,11-13H2,1H3,(H,31,32). The van der Waals surface area contributed by atoms with Gasteiger partial charge in [-0.3, -0.25) is 9.67 Å². The zero-order valence-electron chi connectivity index (χ0n) is 17.6. The zero-order valence-corrected chi connectivity index (χ0v) is 17.6. The third-order valence-corrected chi connectivity index (χ3v) is 5.88. The number of anilines is 2. The summed E-state index contributed by atoms with van der Waals surface area (Å²) < 4.78 is 1.81. The zero-order chi connectivity index (χ0) is 22.2. The van der Waals surface area contributed by atoms with Gasteiger partial charge in [-0.2, -0.15) is 5.10 Å². The van der Waals surface area contributed by atoms with Gasteiger partial charge in [0.2, 0.25) is 0 Å². The summed E-state index contributed by atoms with van der Waals surface area (Å²) >= 11 is 0. The minimum atomic E-state index is -0.956. The van der Waals surface area contributed by atoms with E-state index < -0.39 is 5.97 Å². The number of allylic oxidation sites excluding steroid dienone is 1. The van der Waals surface area contributed by atoms with Crippen LogP contribution in [0.1, 0.15) is 27.3 Å². The quantitative estimate of drug-likeness (QED) is 0.485. The molecule has 0 unspecified atom stereocenters. The van der Waals surface area contributed by atoms with Gasteiger partial charge in [-0.05, 0) is 53.6 Å². The molecule has 0 saturated heterocycles. The van der Waals surface area contributed by atoms with Gasteiger partial charge in [0.05, 0.1) is 35.6 Å². The highest BCUT2D eigenvalue weighted by Crippen LogP contribution is 2.36. The molecule has 1 aliphatic rings. The highest BCUT2D eigenvalue weighted by atomic mass is 16.4. The third kappa shape index (κ3) is 3.33. The Hall–Kier alpha value is -3.97. The Morgan fingerprint density at radius 1 is 1.12 bits per heavy atom. The number of benzene rings is 2. The number of carboxylic acid groups (broad SMARTS) is 1. The number of fused-ring (bicyclic) bond motifs is 2. The molecule has 2 aromatic carbocycles. The molecule has 2 aromatic heterocycles. The van der Waals surface area contributed by atoms with Gasteiger partial charge < -0.3 is 15.1 Å². The first-order valence-electron chi connectivity index (χ1n) is 10.4. The van der Waals surface area contributed by atoms with Crippen LogP contribution in [0.3, 0.4) is 0 Å². The molecule has 0 saturated carbocycles. The van der Waals surface area contributed by atoms with Crippen molar-refractivity contribution < 1.29 is 15.0 Å². The molecular formula is C25H22N4O3. The lowest BCUT2D eigenvalue weighted by atomic mass is 10.0. The summed E-state index contributed by atoms with van der Waals surface area (Å²) in [7, 11) is 2.01. The number of nitrogens with zero attached hydrogens (tertiary/aromatic N) is 4. The van der Waals surface area contributed by atoms with Crippen LogP contribution in [0.4, 0.5) is 11.4 Å². The van der Waals surface area contributed by atoms with Crippen molar-refractivity contribution in [2.45, 2.75) is 13.0 Å². The smallest absolute Gasteiger partial charge is 0.336 e. The van der Waals surface area contributed by atoms with Crippen molar-refractivity contribution in [3.8, 4) is 0 Å². The predicted molar refractivity (Wildman–Crippen MR) is 124 cm³/mol. The summed E-state index contributed by atoms with van der Waals surface area (Å²) in [6.07, 6.45) is 3.90. The van der Waals surface area contributed by atoms with E-state index in [1.807, 2.05) is 60.3 Å². The van der Waals surface area contributed by atoms with Crippen LogP contribution >= 0.6 is 0 Å². The minimum absolute atomic E-state index is 0.0288. The molecule has 0 spiro atoms. The van der Waals surface area contributed by atoms with Crippen molar-refractivity contribution in [3.05, 3.63) is 83.3 Å².